The average molecular weight is 277 g/mol. The summed E-state index contributed by atoms with van der Waals surface area (Å²) in [5.41, 5.74) is 0. The lowest BCUT2D eigenvalue weighted by atomic mass is 9.98. The number of ether oxygens (including phenoxy) is 1. The third kappa shape index (κ3) is 4.94. The molecule has 1 saturated heterocycles. The maximum atomic E-state index is 11.6. The zero-order valence-corrected chi connectivity index (χ0v) is 12.0. The molecule has 1 heterocycles. The first-order valence-electron chi connectivity index (χ1n) is 6.58. The Morgan fingerprint density at radius 3 is 2.72 bits per heavy atom. The van der Waals surface area contributed by atoms with Crippen molar-refractivity contribution in [1.29, 1.82) is 0 Å². The molecule has 0 amide bonds. The first kappa shape index (κ1) is 15.4. The van der Waals surface area contributed by atoms with Crippen molar-refractivity contribution in [3.05, 3.63) is 0 Å². The van der Waals surface area contributed by atoms with Gasteiger partial charge in [0.2, 0.25) is 0 Å². The van der Waals surface area contributed by atoms with Crippen LogP contribution in [0, 0.1) is 5.92 Å². The highest BCUT2D eigenvalue weighted by atomic mass is 32.2. The lowest BCUT2D eigenvalue weighted by Gasteiger charge is -2.31. The van der Waals surface area contributed by atoms with Crippen LogP contribution in [0.2, 0.25) is 0 Å². The molecule has 0 bridgehead atoms. The predicted octanol–water partition coefficient (Wildman–Crippen LogP) is 0.696. The van der Waals surface area contributed by atoms with Crippen LogP contribution in [-0.4, -0.2) is 57.0 Å². The van der Waals surface area contributed by atoms with E-state index in [1.54, 1.807) is 13.8 Å². The Morgan fingerprint density at radius 2 is 2.11 bits per heavy atom. The van der Waals surface area contributed by atoms with Gasteiger partial charge in [-0.3, -0.25) is 4.79 Å². The maximum Gasteiger partial charge on any atom is 0.310 e. The summed E-state index contributed by atoms with van der Waals surface area (Å²) in [6.07, 6.45) is 1.77. The second-order valence-corrected chi connectivity index (χ2v) is 7.10. The summed E-state index contributed by atoms with van der Waals surface area (Å²) in [4.78, 5) is 13.7. The van der Waals surface area contributed by atoms with E-state index in [-0.39, 0.29) is 23.4 Å². The van der Waals surface area contributed by atoms with Gasteiger partial charge >= 0.3 is 5.97 Å². The normalized spacial score (nSPS) is 21.8. The molecule has 0 saturated carbocycles. The number of carbonyl (C=O) groups excluding carboxylic acids is 1. The highest BCUT2D eigenvalue weighted by molar-refractivity contribution is 7.91. The van der Waals surface area contributed by atoms with Crippen LogP contribution < -0.4 is 0 Å². The van der Waals surface area contributed by atoms with E-state index in [0.717, 1.165) is 19.4 Å². The van der Waals surface area contributed by atoms with E-state index in [9.17, 15) is 13.2 Å². The Morgan fingerprint density at radius 1 is 1.39 bits per heavy atom. The van der Waals surface area contributed by atoms with Crippen LogP contribution in [0.5, 0.6) is 0 Å². The molecule has 0 radical (unpaired) electrons. The highest BCUT2D eigenvalue weighted by Gasteiger charge is 2.27. The molecule has 0 aromatic carbocycles. The van der Waals surface area contributed by atoms with Gasteiger partial charge in [-0.15, -0.1) is 0 Å². The average Bonchev–Trinajstić information content (AvgIpc) is 2.37. The van der Waals surface area contributed by atoms with Crippen molar-refractivity contribution in [2.24, 2.45) is 5.92 Å². The first-order valence-corrected chi connectivity index (χ1v) is 8.40. The molecule has 106 valence electrons. The SMILES string of the molecule is CCOC(=O)C1CCCN(CCS(=O)(=O)CC)C1. The smallest absolute Gasteiger partial charge is 0.310 e. The summed E-state index contributed by atoms with van der Waals surface area (Å²) >= 11 is 0. The summed E-state index contributed by atoms with van der Waals surface area (Å²) in [6, 6.07) is 0. The Balaban J connectivity index is 2.42. The summed E-state index contributed by atoms with van der Waals surface area (Å²) < 4.78 is 27.9. The highest BCUT2D eigenvalue weighted by Crippen LogP contribution is 2.17. The molecule has 18 heavy (non-hydrogen) atoms. The lowest BCUT2D eigenvalue weighted by molar-refractivity contribution is -0.149. The Kier molecular flexibility index (Phi) is 6.08. The molecule has 0 aromatic heterocycles. The molecule has 1 aliphatic rings. The fourth-order valence-corrected chi connectivity index (χ4v) is 2.95. The van der Waals surface area contributed by atoms with Gasteiger partial charge in [-0.2, -0.15) is 0 Å². The largest absolute Gasteiger partial charge is 0.466 e. The van der Waals surface area contributed by atoms with E-state index in [4.69, 9.17) is 4.74 Å². The summed E-state index contributed by atoms with van der Waals surface area (Å²) in [6.45, 7) is 5.87. The zero-order valence-electron chi connectivity index (χ0n) is 11.2. The van der Waals surface area contributed by atoms with E-state index >= 15 is 0 Å². The van der Waals surface area contributed by atoms with Crippen LogP contribution in [-0.2, 0) is 19.4 Å². The van der Waals surface area contributed by atoms with Gasteiger partial charge in [0.25, 0.3) is 0 Å². The molecule has 0 spiro atoms. The lowest BCUT2D eigenvalue weighted by Crippen LogP contribution is -2.41. The molecule has 5 nitrogen and oxygen atoms in total. The van der Waals surface area contributed by atoms with Crippen molar-refractivity contribution in [2.75, 3.05) is 37.7 Å². The van der Waals surface area contributed by atoms with Gasteiger partial charge in [0.15, 0.2) is 9.84 Å². The van der Waals surface area contributed by atoms with Crippen molar-refractivity contribution in [2.45, 2.75) is 26.7 Å². The topological polar surface area (TPSA) is 63.7 Å². The van der Waals surface area contributed by atoms with E-state index in [1.807, 2.05) is 0 Å². The zero-order chi connectivity index (χ0) is 13.6. The standard InChI is InChI=1S/C12H23NO4S/c1-3-17-12(14)11-6-5-7-13(10-11)8-9-18(15,16)4-2/h11H,3-10H2,1-2H3. The van der Waals surface area contributed by atoms with Crippen LogP contribution in [0.1, 0.15) is 26.7 Å². The number of piperidine rings is 1. The number of hydrogen-bond acceptors (Lipinski definition) is 5. The number of nitrogens with zero attached hydrogens (tertiary/aromatic N) is 1. The second kappa shape index (κ2) is 7.09. The maximum absolute atomic E-state index is 11.6. The van der Waals surface area contributed by atoms with Gasteiger partial charge in [0, 0.05) is 18.8 Å². The molecule has 1 fully saturated rings. The molecular weight excluding hydrogens is 254 g/mol. The Hall–Kier alpha value is -0.620. The number of esters is 1. The predicted molar refractivity (Wildman–Crippen MR) is 70.1 cm³/mol. The fraction of sp³-hybridized carbons (Fsp3) is 0.917. The summed E-state index contributed by atoms with van der Waals surface area (Å²) in [5.74, 6) is 0.116. The van der Waals surface area contributed by atoms with Crippen LogP contribution in [0.15, 0.2) is 0 Å². The number of hydrogen-bond donors (Lipinski definition) is 0. The summed E-state index contributed by atoms with van der Waals surface area (Å²) in [5, 5.41) is 0. The Bertz CT molecular complexity index is 366. The molecular formula is C12H23NO4S. The second-order valence-electron chi connectivity index (χ2n) is 4.63. The van der Waals surface area contributed by atoms with Crippen molar-refractivity contribution in [3.63, 3.8) is 0 Å². The van der Waals surface area contributed by atoms with E-state index < -0.39 is 9.84 Å². The first-order chi connectivity index (χ1) is 8.48. The van der Waals surface area contributed by atoms with Gasteiger partial charge in [-0.1, -0.05) is 6.92 Å². The van der Waals surface area contributed by atoms with Crippen molar-refractivity contribution in [1.82, 2.24) is 4.90 Å². The Labute approximate surface area is 109 Å². The van der Waals surface area contributed by atoms with Crippen LogP contribution >= 0.6 is 0 Å². The van der Waals surface area contributed by atoms with Crippen LogP contribution in [0.25, 0.3) is 0 Å². The quantitative estimate of drug-likeness (QED) is 0.669. The monoisotopic (exact) mass is 277 g/mol. The number of rotatable bonds is 6. The molecule has 1 unspecified atom stereocenters. The minimum atomic E-state index is -2.92. The molecule has 1 atom stereocenters. The number of sulfone groups is 1. The summed E-state index contributed by atoms with van der Waals surface area (Å²) in [7, 11) is -2.92. The van der Waals surface area contributed by atoms with Crippen molar-refractivity contribution >= 4 is 15.8 Å². The van der Waals surface area contributed by atoms with Crippen molar-refractivity contribution < 1.29 is 17.9 Å². The van der Waals surface area contributed by atoms with Gasteiger partial charge in [0.1, 0.15) is 0 Å². The molecule has 0 aromatic rings. The van der Waals surface area contributed by atoms with E-state index in [2.05, 4.69) is 4.90 Å². The van der Waals surface area contributed by atoms with Gasteiger partial charge in [-0.05, 0) is 26.3 Å². The van der Waals surface area contributed by atoms with Gasteiger partial charge in [-0.25, -0.2) is 8.42 Å². The fourth-order valence-electron chi connectivity index (χ4n) is 2.12. The van der Waals surface area contributed by atoms with Crippen LogP contribution in [0.3, 0.4) is 0 Å². The minimum Gasteiger partial charge on any atom is -0.466 e. The van der Waals surface area contributed by atoms with Crippen molar-refractivity contribution in [3.8, 4) is 0 Å². The third-order valence-electron chi connectivity index (χ3n) is 3.28. The molecule has 1 rings (SSSR count). The third-order valence-corrected chi connectivity index (χ3v) is 4.97. The molecule has 6 heteroatoms. The van der Waals surface area contributed by atoms with Gasteiger partial charge in [0.05, 0.1) is 18.3 Å². The molecule has 0 N–H and O–H groups in total. The molecule has 1 aliphatic heterocycles. The van der Waals surface area contributed by atoms with Crippen LogP contribution in [0.4, 0.5) is 0 Å². The number of likely N-dealkylation sites (tertiary alicyclic amines) is 1. The minimum absolute atomic E-state index is 0.0944. The van der Waals surface area contributed by atoms with E-state index in [0.29, 0.717) is 19.7 Å². The van der Waals surface area contributed by atoms with E-state index in [1.165, 1.54) is 0 Å². The molecule has 0 aliphatic carbocycles. The number of carbonyl (C=O) groups is 1. The van der Waals surface area contributed by atoms with Gasteiger partial charge < -0.3 is 9.64 Å².